The summed E-state index contributed by atoms with van der Waals surface area (Å²) in [5.41, 5.74) is 11.1. The van der Waals surface area contributed by atoms with Crippen molar-refractivity contribution in [3.63, 3.8) is 0 Å². The molecular weight excluding hydrogens is 1400 g/mol. The SMILES string of the molecule is C#CCOC1CC(/C=C/C2=[N+](CCCCS(=O)(=O)O)c3ccc4cc(C)ccc4c3C2(C)C)=C(CCCCC(=O)Oc2cc3c(c4ccccc24)[C@H](CCl)CN3C(=O)c2cc3cc(OCCN(C)C)ccc3[nH]2)C(=C/C=C2/N(CCCCS(=O)(=O)O)c3ccc4cc(S(=O)(=O)O)ccc4c3C2(C)C)/C1. The number of halogens is 1. The Labute approximate surface area is 614 Å². The molecule has 0 bridgehead atoms. The quantitative estimate of drug-likeness (QED) is 0.00676. The average molecular weight is 1490 g/mol. The van der Waals surface area contributed by atoms with Crippen molar-refractivity contribution in [3.05, 3.63) is 190 Å². The van der Waals surface area contributed by atoms with E-state index in [2.05, 4.69) is 110 Å². The van der Waals surface area contributed by atoms with Crippen LogP contribution in [0.15, 0.2) is 167 Å². The summed E-state index contributed by atoms with van der Waals surface area (Å²) in [6, 6.07) is 35.9. The second-order valence-electron chi connectivity index (χ2n) is 28.9. The average Bonchev–Trinajstić information content (AvgIpc) is 1.57. The topological polar surface area (TPSA) is 253 Å². The maximum Gasteiger partial charge on any atom is 0.311 e. The van der Waals surface area contributed by atoms with Gasteiger partial charge in [-0.05, 0) is 196 Å². The summed E-state index contributed by atoms with van der Waals surface area (Å²) in [5.74, 6) is 2.21. The lowest BCUT2D eigenvalue weighted by Gasteiger charge is -2.30. The van der Waals surface area contributed by atoms with Gasteiger partial charge in [0.15, 0.2) is 5.71 Å². The number of allylic oxidation sites excluding steroid dienone is 6. The van der Waals surface area contributed by atoms with Gasteiger partial charge in [-0.15, -0.1) is 18.0 Å². The van der Waals surface area contributed by atoms with Crippen LogP contribution in [0.4, 0.5) is 17.1 Å². The molecule has 1 aliphatic carbocycles. The van der Waals surface area contributed by atoms with Crippen molar-refractivity contribution >= 4 is 120 Å². The summed E-state index contributed by atoms with van der Waals surface area (Å²) in [4.78, 5) is 38.2. The fourth-order valence-electron chi connectivity index (χ4n) is 15.7. The third kappa shape index (κ3) is 16.2. The number of nitrogens with one attached hydrogen (secondary N) is 1. The van der Waals surface area contributed by atoms with Crippen molar-refractivity contribution < 1.29 is 67.3 Å². The van der Waals surface area contributed by atoms with Gasteiger partial charge in [0.1, 0.15) is 37.0 Å². The monoisotopic (exact) mass is 1490 g/mol. The maximum atomic E-state index is 14.7. The molecule has 104 heavy (non-hydrogen) atoms. The van der Waals surface area contributed by atoms with Crippen LogP contribution in [0.3, 0.4) is 0 Å². The minimum atomic E-state index is -4.53. The molecule has 23 heteroatoms. The van der Waals surface area contributed by atoms with Crippen molar-refractivity contribution in [1.29, 1.82) is 0 Å². The highest BCUT2D eigenvalue weighted by Gasteiger charge is 2.46. The molecule has 4 heterocycles. The molecular formula is C81H89ClN5O14S3+. The zero-order valence-electron chi connectivity index (χ0n) is 59.7. The minimum Gasteiger partial charge on any atom is -0.492 e. The van der Waals surface area contributed by atoms with E-state index in [1.807, 2.05) is 73.6 Å². The number of alkyl halides is 1. The molecule has 19 nitrogen and oxygen atoms in total. The number of carbonyl (C=O) groups is 2. The number of aromatic amines is 1. The molecule has 1 amide bonds. The Morgan fingerprint density at radius 2 is 1.47 bits per heavy atom. The number of hydrogen-bond donors (Lipinski definition) is 4. The van der Waals surface area contributed by atoms with Gasteiger partial charge in [-0.3, -0.25) is 23.2 Å². The first-order valence-electron chi connectivity index (χ1n) is 35.2. The van der Waals surface area contributed by atoms with E-state index in [-0.39, 0.29) is 60.3 Å². The van der Waals surface area contributed by atoms with Gasteiger partial charge in [0.2, 0.25) is 5.69 Å². The van der Waals surface area contributed by atoms with E-state index in [1.165, 1.54) is 12.1 Å². The smallest absolute Gasteiger partial charge is 0.311 e. The molecule has 7 aromatic carbocycles. The highest BCUT2D eigenvalue weighted by Crippen LogP contribution is 2.53. The number of hydrogen-bond acceptors (Lipinski definition) is 13. The predicted molar refractivity (Wildman–Crippen MR) is 413 cm³/mol. The zero-order chi connectivity index (χ0) is 74.2. The van der Waals surface area contributed by atoms with Gasteiger partial charge in [0.25, 0.3) is 36.3 Å². The number of ether oxygens (including phenoxy) is 3. The minimum absolute atomic E-state index is 0.0447. The highest BCUT2D eigenvalue weighted by atomic mass is 35.5. The van der Waals surface area contributed by atoms with Crippen molar-refractivity contribution in [3.8, 4) is 23.8 Å². The summed E-state index contributed by atoms with van der Waals surface area (Å²) >= 11 is 6.73. The Bertz CT molecular complexity index is 5310. The first-order valence-corrected chi connectivity index (χ1v) is 40.4. The molecule has 0 radical (unpaired) electrons. The molecule has 0 fully saturated rings. The molecule has 2 atom stereocenters. The van der Waals surface area contributed by atoms with Crippen LogP contribution in [0.2, 0.25) is 0 Å². The number of likely N-dealkylation sites (N-methyl/N-ethyl adjacent to an activating group) is 1. The van der Waals surface area contributed by atoms with Crippen molar-refractivity contribution in [1.82, 2.24) is 9.88 Å². The summed E-state index contributed by atoms with van der Waals surface area (Å²) in [6.45, 7) is 13.0. The van der Waals surface area contributed by atoms with Crippen LogP contribution in [0.25, 0.3) is 43.2 Å². The number of aromatic nitrogens is 1. The number of rotatable bonds is 28. The second-order valence-corrected chi connectivity index (χ2v) is 33.8. The third-order valence-corrected chi connectivity index (χ3v) is 23.4. The predicted octanol–water partition coefficient (Wildman–Crippen LogP) is 15.3. The number of benzene rings is 7. The Morgan fingerprint density at radius 3 is 2.20 bits per heavy atom. The van der Waals surface area contributed by atoms with Crippen LogP contribution in [-0.2, 0) is 50.7 Å². The normalized spacial score (nSPS) is 18.1. The Balaban J connectivity index is 0.905. The summed E-state index contributed by atoms with van der Waals surface area (Å²) in [7, 11) is -9.02. The fraction of sp³-hybridized carbons (Fsp3) is 0.370. The number of nitrogens with zero attached hydrogens (tertiary/aromatic N) is 4. The molecule has 12 rings (SSSR count). The lowest BCUT2D eigenvalue weighted by Crippen LogP contribution is -2.30. The van der Waals surface area contributed by atoms with Crippen LogP contribution >= 0.6 is 11.6 Å². The standard InChI is InChI=1S/C81H88ClN5O14S3/c1-9-39-99-60-44-54(25-34-73-80(3,4)77-63-29-22-52(2)43-53(63)23-32-69(77)85(73)36-14-16-41-102(90,91)92)62(55(45-60)26-35-74-81(5,6)78-64-30-28-61(104(96,97)98)47-56(64)24-33-70(78)86(74)37-15-17-42-103(93,94)95)18-12-13-21-75(88)101-72-49-71-76(66-20-11-10-19-65(66)72)58(50-82)51-87(71)79(89)68-48-57-46-59(27-31-67(57)83-68)100-40-38-84(7)8/h1,10-11,19-20,22-35,43,46-49,58,60H,12-18,21,36-42,44-45,50-51H2,2-8H3,(H3-,83,89,90,91,92,93,94,95,96,97,98)/p+1/t58-,60?/m1/s1. The summed E-state index contributed by atoms with van der Waals surface area (Å²) in [6.07, 6.45) is 17.7. The van der Waals surface area contributed by atoms with Gasteiger partial charge in [-0.2, -0.15) is 29.8 Å². The van der Waals surface area contributed by atoms with E-state index >= 15 is 0 Å². The number of fused-ring (bicyclic) bond motifs is 10. The van der Waals surface area contributed by atoms with Crippen molar-refractivity contribution in [2.75, 3.05) is 80.7 Å². The Morgan fingerprint density at radius 1 is 0.750 bits per heavy atom. The number of anilines is 2. The second kappa shape index (κ2) is 30.5. The van der Waals surface area contributed by atoms with Gasteiger partial charge in [-0.25, -0.2) is 0 Å². The first-order chi connectivity index (χ1) is 49.4. The lowest BCUT2D eigenvalue weighted by atomic mass is 9.78. The molecule has 8 aromatic rings. The molecule has 3 aliphatic heterocycles. The van der Waals surface area contributed by atoms with E-state index in [1.54, 1.807) is 23.1 Å². The van der Waals surface area contributed by atoms with Gasteiger partial charge in [-0.1, -0.05) is 92.1 Å². The zero-order valence-corrected chi connectivity index (χ0v) is 62.9. The Hall–Kier alpha value is -8.47. The number of esters is 1. The highest BCUT2D eigenvalue weighted by molar-refractivity contribution is 7.86. The van der Waals surface area contributed by atoms with E-state index in [9.17, 15) is 48.5 Å². The van der Waals surface area contributed by atoms with Gasteiger partial charge in [0.05, 0.1) is 33.6 Å². The number of terminal acetylenes is 1. The van der Waals surface area contributed by atoms with Crippen LogP contribution in [0, 0.1) is 19.3 Å². The summed E-state index contributed by atoms with van der Waals surface area (Å²) < 4.78 is 124. The molecule has 4 N–H and O–H groups in total. The van der Waals surface area contributed by atoms with Crippen LogP contribution < -0.4 is 19.3 Å². The lowest BCUT2D eigenvalue weighted by molar-refractivity contribution is -0.438. The molecule has 0 saturated heterocycles. The third-order valence-electron chi connectivity index (χ3n) is 20.6. The van der Waals surface area contributed by atoms with E-state index in [4.69, 9.17) is 32.2 Å². The molecule has 1 unspecified atom stereocenters. The van der Waals surface area contributed by atoms with Gasteiger partial charge >= 0.3 is 5.97 Å². The number of amides is 1. The fourth-order valence-corrected chi connectivity index (χ4v) is 17.6. The number of unbranched alkanes of at least 4 members (excludes halogenated alkanes) is 3. The molecule has 0 saturated carbocycles. The van der Waals surface area contributed by atoms with Crippen LogP contribution in [-0.4, -0.2) is 148 Å². The van der Waals surface area contributed by atoms with Crippen molar-refractivity contribution in [2.45, 2.75) is 127 Å². The van der Waals surface area contributed by atoms with E-state index in [0.29, 0.717) is 105 Å². The number of H-pyrrole nitrogens is 1. The van der Waals surface area contributed by atoms with Gasteiger partial charge < -0.3 is 33.9 Å². The molecule has 0 spiro atoms. The first kappa shape index (κ1) is 75.2. The van der Waals surface area contributed by atoms with E-state index in [0.717, 1.165) is 101 Å². The molecule has 4 aliphatic rings. The molecule has 546 valence electrons. The van der Waals surface area contributed by atoms with E-state index < -0.39 is 52.9 Å². The van der Waals surface area contributed by atoms with Crippen molar-refractivity contribution in [2.24, 2.45) is 0 Å². The van der Waals surface area contributed by atoms with Crippen LogP contribution in [0.5, 0.6) is 11.5 Å². The molecule has 1 aromatic heterocycles. The summed E-state index contributed by atoms with van der Waals surface area (Å²) in [5, 5.41) is 5.90. The number of aryl methyl sites for hydroxylation is 1. The largest absolute Gasteiger partial charge is 0.492 e. The number of carbonyl (C=O) groups excluding carboxylic acids is 2. The maximum absolute atomic E-state index is 14.7. The van der Waals surface area contributed by atoms with Gasteiger partial charge in [0, 0.05) is 101 Å². The Kier molecular flexibility index (Phi) is 22.1. The van der Waals surface area contributed by atoms with Crippen LogP contribution in [0.1, 0.15) is 131 Å².